The van der Waals surface area contributed by atoms with Crippen LogP contribution in [0.1, 0.15) is 46.8 Å². The molecule has 1 amide bonds. The van der Waals surface area contributed by atoms with E-state index in [4.69, 9.17) is 14.2 Å². The van der Waals surface area contributed by atoms with Crippen LogP contribution in [0.4, 0.5) is 0 Å². The molecule has 1 saturated heterocycles. The number of aliphatic hydroxyl groups excluding tert-OH is 1. The third-order valence-electron chi connectivity index (χ3n) is 8.78. The van der Waals surface area contributed by atoms with Gasteiger partial charge in [0.1, 0.15) is 11.5 Å². The topological polar surface area (TPSA) is 119 Å². The van der Waals surface area contributed by atoms with Gasteiger partial charge in [-0.15, -0.1) is 0 Å². The van der Waals surface area contributed by atoms with Crippen molar-refractivity contribution < 1.29 is 32.5 Å². The van der Waals surface area contributed by atoms with Crippen molar-refractivity contribution in [2.75, 3.05) is 40.5 Å². The number of morpholine rings is 1. The lowest BCUT2D eigenvalue weighted by atomic mass is 9.85. The maximum atomic E-state index is 12.5. The third-order valence-corrected chi connectivity index (χ3v) is 10.3. The van der Waals surface area contributed by atoms with Crippen molar-refractivity contribution in [2.45, 2.75) is 51.7 Å². The number of benzene rings is 2. The Labute approximate surface area is 260 Å². The van der Waals surface area contributed by atoms with E-state index in [9.17, 15) is 18.3 Å². The molecule has 2 heterocycles. The van der Waals surface area contributed by atoms with Gasteiger partial charge in [0, 0.05) is 49.9 Å². The molecule has 1 aliphatic heterocycles. The first kappa shape index (κ1) is 32.0. The second kappa shape index (κ2) is 14.2. The highest BCUT2D eigenvalue weighted by Gasteiger charge is 2.30. The molecule has 0 bridgehead atoms. The zero-order valence-corrected chi connectivity index (χ0v) is 26.5. The van der Waals surface area contributed by atoms with E-state index in [2.05, 4.69) is 33.6 Å². The number of ether oxygens (including phenoxy) is 3. The molecule has 5 rings (SSSR count). The second-order valence-electron chi connectivity index (χ2n) is 11.8. The van der Waals surface area contributed by atoms with Crippen LogP contribution in [-0.4, -0.2) is 68.8 Å². The molecule has 1 aliphatic carbocycles. The van der Waals surface area contributed by atoms with Crippen LogP contribution in [0.5, 0.6) is 11.5 Å². The number of aryl methyl sites for hydroxylation is 1. The van der Waals surface area contributed by atoms with Crippen LogP contribution in [0.2, 0.25) is 0 Å². The van der Waals surface area contributed by atoms with Crippen LogP contribution in [0.25, 0.3) is 0 Å². The van der Waals surface area contributed by atoms with Gasteiger partial charge in [0.15, 0.2) is 0 Å². The summed E-state index contributed by atoms with van der Waals surface area (Å²) >= 11 is 0. The monoisotopic (exact) mass is 625 g/mol. The van der Waals surface area contributed by atoms with Crippen molar-refractivity contribution in [3.8, 4) is 11.5 Å². The number of methoxy groups -OCH3 is 2. The number of hydrogen-bond acceptors (Lipinski definition) is 7. The van der Waals surface area contributed by atoms with Gasteiger partial charge in [-0.1, -0.05) is 24.3 Å². The number of nitrogens with one attached hydrogen (secondary N) is 1. The minimum Gasteiger partial charge on any atom is -0.496 e. The molecule has 0 unspecified atom stereocenters. The van der Waals surface area contributed by atoms with Crippen LogP contribution in [0.15, 0.2) is 54.9 Å². The number of fused-ring (bicyclic) bond motifs is 1. The van der Waals surface area contributed by atoms with Crippen molar-refractivity contribution in [2.24, 2.45) is 11.8 Å². The Morgan fingerprint density at radius 1 is 1.07 bits per heavy atom. The lowest BCUT2D eigenvalue weighted by Crippen LogP contribution is -2.48. The third kappa shape index (κ3) is 7.63. The number of carbonyl (C=O) groups is 1. The van der Waals surface area contributed by atoms with E-state index >= 15 is 0 Å². The van der Waals surface area contributed by atoms with E-state index in [1.807, 2.05) is 37.5 Å². The highest BCUT2D eigenvalue weighted by molar-refractivity contribution is 7.87. The standard InChI is InChI=1S/C33H43N3O7S/c1-23-30(41-2)19-28(20-31(23)42-3)33(38)29(18-25-16-26-6-4-5-7-27(26)17-25)22-35-11-10-24(21-35)8-9-32(37)34-44(39,40)36-12-14-43-15-13-36/h4-7,10-11,19-21,25,29,33,38H,8-9,12-18,22H2,1-3H3,(H,34,37)/t29-,33-/m1/s1. The van der Waals surface area contributed by atoms with Gasteiger partial charge in [-0.25, -0.2) is 4.72 Å². The molecule has 11 heteroatoms. The predicted octanol–water partition coefficient (Wildman–Crippen LogP) is 3.59. The van der Waals surface area contributed by atoms with Gasteiger partial charge < -0.3 is 23.9 Å². The van der Waals surface area contributed by atoms with Gasteiger partial charge in [0.2, 0.25) is 5.91 Å². The maximum Gasteiger partial charge on any atom is 0.303 e. The Bertz CT molecular complexity index is 1500. The maximum absolute atomic E-state index is 12.5. The molecular weight excluding hydrogens is 582 g/mol. The molecule has 2 aliphatic rings. The minimum atomic E-state index is -3.87. The first-order valence-corrected chi connectivity index (χ1v) is 16.6. The van der Waals surface area contributed by atoms with Crippen LogP contribution < -0.4 is 14.2 Å². The highest BCUT2D eigenvalue weighted by atomic mass is 32.2. The fourth-order valence-electron chi connectivity index (χ4n) is 6.42. The van der Waals surface area contributed by atoms with E-state index in [0.717, 1.165) is 36.0 Å². The van der Waals surface area contributed by atoms with E-state index in [1.54, 1.807) is 14.2 Å². The smallest absolute Gasteiger partial charge is 0.303 e. The van der Waals surface area contributed by atoms with Crippen molar-refractivity contribution >= 4 is 16.1 Å². The summed E-state index contributed by atoms with van der Waals surface area (Å²) in [5, 5.41) is 11.8. The van der Waals surface area contributed by atoms with Gasteiger partial charge in [0.25, 0.3) is 0 Å². The lowest BCUT2D eigenvalue weighted by Gasteiger charge is -2.27. The summed E-state index contributed by atoms with van der Waals surface area (Å²) in [6.07, 6.45) is 6.41. The van der Waals surface area contributed by atoms with E-state index < -0.39 is 22.2 Å². The van der Waals surface area contributed by atoms with Gasteiger partial charge in [-0.3, -0.25) is 4.79 Å². The molecule has 238 valence electrons. The summed E-state index contributed by atoms with van der Waals surface area (Å²) in [6, 6.07) is 14.3. The van der Waals surface area contributed by atoms with E-state index in [-0.39, 0.29) is 25.4 Å². The summed E-state index contributed by atoms with van der Waals surface area (Å²) in [6.45, 7) is 3.60. The number of aromatic nitrogens is 1. The van der Waals surface area contributed by atoms with Crippen molar-refractivity contribution in [3.05, 3.63) is 82.7 Å². The Morgan fingerprint density at radius 2 is 1.70 bits per heavy atom. The van der Waals surface area contributed by atoms with Gasteiger partial charge >= 0.3 is 10.2 Å². The fourth-order valence-corrected chi connectivity index (χ4v) is 7.57. The van der Waals surface area contributed by atoms with Crippen molar-refractivity contribution in [3.63, 3.8) is 0 Å². The van der Waals surface area contributed by atoms with Crippen molar-refractivity contribution in [1.29, 1.82) is 0 Å². The molecule has 0 spiro atoms. The Hall–Kier alpha value is -3.38. The second-order valence-corrected chi connectivity index (χ2v) is 13.5. The van der Waals surface area contributed by atoms with Gasteiger partial charge in [-0.2, -0.15) is 12.7 Å². The average Bonchev–Trinajstić information content (AvgIpc) is 3.66. The molecule has 1 fully saturated rings. The molecule has 2 atom stereocenters. The summed E-state index contributed by atoms with van der Waals surface area (Å²) in [5.41, 5.74) is 5.30. The highest BCUT2D eigenvalue weighted by Crippen LogP contribution is 2.39. The van der Waals surface area contributed by atoms with Crippen LogP contribution >= 0.6 is 0 Å². The van der Waals surface area contributed by atoms with E-state index in [0.29, 0.717) is 43.6 Å². The zero-order valence-electron chi connectivity index (χ0n) is 25.7. The van der Waals surface area contributed by atoms with E-state index in [1.165, 1.54) is 15.4 Å². The number of amides is 1. The van der Waals surface area contributed by atoms with Crippen LogP contribution in [0, 0.1) is 18.8 Å². The summed E-state index contributed by atoms with van der Waals surface area (Å²) in [5.74, 6) is 1.10. The predicted molar refractivity (Wildman–Crippen MR) is 167 cm³/mol. The molecule has 2 N–H and O–H groups in total. The molecule has 10 nitrogen and oxygen atoms in total. The number of nitrogens with zero attached hydrogens (tertiary/aromatic N) is 2. The van der Waals surface area contributed by atoms with Crippen LogP contribution in [-0.2, 0) is 45.5 Å². The first-order valence-electron chi connectivity index (χ1n) is 15.2. The molecule has 0 radical (unpaired) electrons. The van der Waals surface area contributed by atoms with Gasteiger partial charge in [0.05, 0.1) is 33.5 Å². The largest absolute Gasteiger partial charge is 0.496 e. The Balaban J connectivity index is 1.27. The summed E-state index contributed by atoms with van der Waals surface area (Å²) < 4.78 is 46.9. The number of aliphatic hydroxyl groups is 1. The zero-order chi connectivity index (χ0) is 31.3. The normalized spacial score (nSPS) is 17.2. The average molecular weight is 626 g/mol. The molecule has 0 saturated carbocycles. The number of hydrogen-bond donors (Lipinski definition) is 2. The summed E-state index contributed by atoms with van der Waals surface area (Å²) in [7, 11) is -0.643. The lowest BCUT2D eigenvalue weighted by molar-refractivity contribution is -0.119. The van der Waals surface area contributed by atoms with Gasteiger partial charge in [-0.05, 0) is 79.0 Å². The Morgan fingerprint density at radius 3 is 2.32 bits per heavy atom. The first-order chi connectivity index (χ1) is 21.2. The fraction of sp³-hybridized carbons (Fsp3) is 0.485. The SMILES string of the molecule is COc1cc([C@@H](O)[C@H](CC2Cc3ccccc3C2)Cn2ccc(CCC(=O)NS(=O)(=O)N3CCOCC3)c2)cc(OC)c1C. The molecule has 3 aromatic rings. The minimum absolute atomic E-state index is 0.0446. The van der Waals surface area contributed by atoms with Crippen LogP contribution in [0.3, 0.4) is 0 Å². The summed E-state index contributed by atoms with van der Waals surface area (Å²) in [4.78, 5) is 12.5. The Kier molecular flexibility index (Phi) is 10.3. The quantitative estimate of drug-likeness (QED) is 0.298. The molecule has 44 heavy (non-hydrogen) atoms. The molecule has 1 aromatic heterocycles. The molecular formula is C33H43N3O7S. The number of carbonyl (C=O) groups excluding carboxylic acids is 1. The molecule has 2 aromatic carbocycles. The van der Waals surface area contributed by atoms with Crippen molar-refractivity contribution in [1.82, 2.24) is 13.6 Å². The number of rotatable bonds is 13.